The van der Waals surface area contributed by atoms with Gasteiger partial charge in [-0.1, -0.05) is 13.8 Å². The Kier molecular flexibility index (Phi) is 5.56. The number of carbonyl (C=O) groups is 1. The molecule has 0 unspecified atom stereocenters. The molecule has 12 heteroatoms. The Balaban J connectivity index is 1.55. The second kappa shape index (κ2) is 8.04. The van der Waals surface area contributed by atoms with E-state index in [-0.39, 0.29) is 18.4 Å². The zero-order valence-electron chi connectivity index (χ0n) is 17.5. The lowest BCUT2D eigenvalue weighted by molar-refractivity contribution is -0.152. The number of aromatic nitrogens is 3. The van der Waals surface area contributed by atoms with E-state index in [0.29, 0.717) is 28.8 Å². The van der Waals surface area contributed by atoms with Gasteiger partial charge in [-0.2, -0.15) is 5.10 Å². The van der Waals surface area contributed by atoms with Gasteiger partial charge in [-0.3, -0.25) is 4.79 Å². The van der Waals surface area contributed by atoms with Gasteiger partial charge < -0.3 is 35.7 Å². The third-order valence-corrected chi connectivity index (χ3v) is 5.46. The van der Waals surface area contributed by atoms with Crippen LogP contribution in [0.2, 0.25) is 0 Å². The number of hydrogen-bond acceptors (Lipinski definition) is 11. The Hall–Kier alpha value is -2.80. The summed E-state index contributed by atoms with van der Waals surface area (Å²) in [6.07, 6.45) is -0.961. The van der Waals surface area contributed by atoms with Crippen molar-refractivity contribution in [3.63, 3.8) is 0 Å². The van der Waals surface area contributed by atoms with Crippen molar-refractivity contribution in [3.8, 4) is 0 Å². The van der Waals surface area contributed by atoms with E-state index in [1.165, 1.54) is 6.33 Å². The highest BCUT2D eigenvalue weighted by atomic mass is 16.6. The van der Waals surface area contributed by atoms with Crippen LogP contribution in [0.3, 0.4) is 0 Å². The smallest absolute Gasteiger partial charge is 0.323 e. The topological polar surface area (TPSA) is 174 Å². The zero-order chi connectivity index (χ0) is 22.4. The van der Waals surface area contributed by atoms with Crippen LogP contribution < -0.4 is 16.5 Å². The van der Waals surface area contributed by atoms with Gasteiger partial charge in [0, 0.05) is 18.8 Å². The molecular weight excluding hydrogens is 406 g/mol. The van der Waals surface area contributed by atoms with Crippen molar-refractivity contribution in [1.29, 1.82) is 0 Å². The second-order valence-corrected chi connectivity index (χ2v) is 8.27. The van der Waals surface area contributed by atoms with E-state index in [4.69, 9.17) is 20.9 Å². The number of esters is 1. The summed E-state index contributed by atoms with van der Waals surface area (Å²) in [5.74, 6) is 0.492. The first-order valence-electron chi connectivity index (χ1n) is 10.1. The fourth-order valence-electron chi connectivity index (χ4n) is 3.94. The third-order valence-electron chi connectivity index (χ3n) is 5.46. The molecule has 2 aliphatic rings. The average molecular weight is 433 g/mol. The zero-order valence-corrected chi connectivity index (χ0v) is 17.5. The van der Waals surface area contributed by atoms with E-state index in [9.17, 15) is 15.0 Å². The SMILES string of the molecule is CC(C)C[C@@H](N)C(=O)OC[C@H]1O[C@@H](n2cc3c4c(ncnc42)N(C)N=C3N)[C@H](O)[C@@H]1O. The molecule has 1 saturated heterocycles. The lowest BCUT2D eigenvalue weighted by atomic mass is 10.1. The van der Waals surface area contributed by atoms with Gasteiger partial charge in [-0.15, -0.1) is 0 Å². The van der Waals surface area contributed by atoms with E-state index in [0.717, 1.165) is 0 Å². The Morgan fingerprint density at radius 1 is 1.32 bits per heavy atom. The normalized spacial score (nSPS) is 26.4. The number of carbonyl (C=O) groups excluding carboxylic acids is 1. The minimum absolute atomic E-state index is 0.238. The first kappa shape index (κ1) is 21.4. The van der Waals surface area contributed by atoms with Crippen LogP contribution in [0.1, 0.15) is 32.1 Å². The Labute approximate surface area is 178 Å². The molecule has 0 spiro atoms. The van der Waals surface area contributed by atoms with Gasteiger partial charge in [0.15, 0.2) is 17.9 Å². The maximum atomic E-state index is 12.1. The fraction of sp³-hybridized carbons (Fsp3) is 0.579. The molecule has 6 N–H and O–H groups in total. The summed E-state index contributed by atoms with van der Waals surface area (Å²) in [5, 5.41) is 27.6. The van der Waals surface area contributed by atoms with Crippen LogP contribution in [0, 0.1) is 5.92 Å². The molecule has 168 valence electrons. The van der Waals surface area contributed by atoms with Gasteiger partial charge in [-0.25, -0.2) is 15.0 Å². The number of hydrazone groups is 1. The first-order valence-corrected chi connectivity index (χ1v) is 10.1. The molecule has 0 saturated carbocycles. The number of aliphatic hydroxyl groups is 2. The molecule has 0 radical (unpaired) electrons. The molecule has 0 amide bonds. The lowest BCUT2D eigenvalue weighted by Gasteiger charge is -2.19. The lowest BCUT2D eigenvalue weighted by Crippen LogP contribution is -2.38. The summed E-state index contributed by atoms with van der Waals surface area (Å²) in [7, 11) is 1.72. The number of amidine groups is 1. The average Bonchev–Trinajstić information content (AvgIpc) is 3.23. The molecule has 0 aliphatic carbocycles. The van der Waals surface area contributed by atoms with Crippen LogP contribution in [-0.2, 0) is 14.3 Å². The minimum atomic E-state index is -1.29. The number of ether oxygens (including phenoxy) is 2. The summed E-state index contributed by atoms with van der Waals surface area (Å²) in [5.41, 5.74) is 13.0. The summed E-state index contributed by atoms with van der Waals surface area (Å²) >= 11 is 0. The standard InChI is InChI=1S/C19H27N7O5/c1-8(2)4-10(20)19(29)30-6-11-13(27)14(28)18(31-11)26-5-9-12-16(22-7-23-17(12)26)25(3)24-15(9)21/h5,7-8,10-11,13-14,18,27-28H,4,6,20H2,1-3H3,(H2,21,24)/t10-,11-,13-,14-,18-/m1/s1. The molecule has 2 aromatic rings. The summed E-state index contributed by atoms with van der Waals surface area (Å²) in [6, 6.07) is -0.758. The molecule has 2 aliphatic heterocycles. The van der Waals surface area contributed by atoms with Gasteiger partial charge >= 0.3 is 5.97 Å². The molecule has 5 atom stereocenters. The number of nitrogens with two attached hydrogens (primary N) is 2. The monoisotopic (exact) mass is 433 g/mol. The first-order chi connectivity index (χ1) is 14.7. The van der Waals surface area contributed by atoms with Gasteiger partial charge in [0.25, 0.3) is 0 Å². The van der Waals surface area contributed by atoms with Crippen molar-refractivity contribution in [3.05, 3.63) is 18.1 Å². The van der Waals surface area contributed by atoms with E-state index >= 15 is 0 Å². The highest BCUT2D eigenvalue weighted by molar-refractivity contribution is 6.13. The van der Waals surface area contributed by atoms with E-state index in [1.807, 2.05) is 13.8 Å². The summed E-state index contributed by atoms with van der Waals surface area (Å²) in [6.45, 7) is 3.67. The maximum absolute atomic E-state index is 12.1. The quantitative estimate of drug-likeness (QED) is 0.415. The number of rotatable bonds is 6. The molecule has 4 heterocycles. The van der Waals surface area contributed by atoms with Gasteiger partial charge in [0.1, 0.15) is 42.9 Å². The van der Waals surface area contributed by atoms with Crippen molar-refractivity contribution >= 4 is 28.7 Å². The predicted octanol–water partition coefficient (Wildman–Crippen LogP) is -0.963. The fourth-order valence-corrected chi connectivity index (χ4v) is 3.94. The van der Waals surface area contributed by atoms with Gasteiger partial charge in [-0.05, 0) is 12.3 Å². The van der Waals surface area contributed by atoms with Crippen LogP contribution in [0.25, 0.3) is 11.0 Å². The molecule has 0 bridgehead atoms. The highest BCUT2D eigenvalue weighted by Gasteiger charge is 2.45. The van der Waals surface area contributed by atoms with Crippen molar-refractivity contribution < 1.29 is 24.5 Å². The third kappa shape index (κ3) is 3.71. The second-order valence-electron chi connectivity index (χ2n) is 8.27. The molecule has 12 nitrogen and oxygen atoms in total. The van der Waals surface area contributed by atoms with Gasteiger partial charge in [0.2, 0.25) is 0 Å². The molecule has 2 aromatic heterocycles. The molecule has 4 rings (SSSR count). The Morgan fingerprint density at radius 2 is 2.06 bits per heavy atom. The Morgan fingerprint density at radius 3 is 2.77 bits per heavy atom. The molecule has 1 fully saturated rings. The van der Waals surface area contributed by atoms with E-state index in [1.54, 1.807) is 22.8 Å². The molecular formula is C19H27N7O5. The van der Waals surface area contributed by atoms with Crippen molar-refractivity contribution in [1.82, 2.24) is 14.5 Å². The van der Waals surface area contributed by atoms with Crippen molar-refractivity contribution in [2.45, 2.75) is 50.8 Å². The number of aliphatic hydroxyl groups excluding tert-OH is 2. The summed E-state index contributed by atoms with van der Waals surface area (Å²) in [4.78, 5) is 20.7. The van der Waals surface area contributed by atoms with Crippen molar-refractivity contribution in [2.24, 2.45) is 22.5 Å². The highest BCUT2D eigenvalue weighted by Crippen LogP contribution is 2.37. The molecule has 31 heavy (non-hydrogen) atoms. The largest absolute Gasteiger partial charge is 0.462 e. The van der Waals surface area contributed by atoms with Crippen LogP contribution in [0.5, 0.6) is 0 Å². The Bertz CT molecular complexity index is 1020. The van der Waals surface area contributed by atoms with Gasteiger partial charge in [0.05, 0.1) is 5.39 Å². The van der Waals surface area contributed by atoms with Crippen LogP contribution in [-0.4, -0.2) is 74.6 Å². The number of nitrogens with zero attached hydrogens (tertiary/aromatic N) is 5. The van der Waals surface area contributed by atoms with Crippen LogP contribution in [0.4, 0.5) is 5.82 Å². The predicted molar refractivity (Wildman–Crippen MR) is 111 cm³/mol. The number of anilines is 1. The minimum Gasteiger partial charge on any atom is -0.462 e. The molecule has 0 aromatic carbocycles. The van der Waals surface area contributed by atoms with E-state index in [2.05, 4.69) is 15.1 Å². The van der Waals surface area contributed by atoms with Crippen LogP contribution in [0.15, 0.2) is 17.6 Å². The van der Waals surface area contributed by atoms with Crippen LogP contribution >= 0.6 is 0 Å². The summed E-state index contributed by atoms with van der Waals surface area (Å²) < 4.78 is 12.7. The number of hydrogen-bond donors (Lipinski definition) is 4. The van der Waals surface area contributed by atoms with Crippen molar-refractivity contribution in [2.75, 3.05) is 18.7 Å². The maximum Gasteiger partial charge on any atom is 0.323 e. The van der Waals surface area contributed by atoms with E-state index < -0.39 is 36.6 Å².